The second-order valence-corrected chi connectivity index (χ2v) is 2.79. The van der Waals surface area contributed by atoms with Gasteiger partial charge in [-0.15, -0.1) is 0 Å². The van der Waals surface area contributed by atoms with Crippen LogP contribution >= 0.6 is 0 Å². The predicted octanol–water partition coefficient (Wildman–Crippen LogP) is 1.88. The summed E-state index contributed by atoms with van der Waals surface area (Å²) in [5.74, 6) is -0.150. The highest BCUT2D eigenvalue weighted by Gasteiger charge is 2.11. The van der Waals surface area contributed by atoms with Crippen LogP contribution in [0, 0.1) is 0 Å². The maximum Gasteiger partial charge on any atom is 0.335 e. The van der Waals surface area contributed by atoms with Gasteiger partial charge in [-0.3, -0.25) is 0 Å². The molecule has 1 heterocycles. The summed E-state index contributed by atoms with van der Waals surface area (Å²) in [5.41, 5.74) is 1.15. The number of carbonyl (C=O) groups is 1. The number of rotatable bonds is 3. The number of carboxylic acid groups (broad SMARTS) is 1. The molecular formula is C10H12O3. The van der Waals surface area contributed by atoms with E-state index < -0.39 is 5.97 Å². The molecule has 1 rings (SSSR count). The van der Waals surface area contributed by atoms with Crippen molar-refractivity contribution in [2.45, 2.75) is 13.3 Å². The van der Waals surface area contributed by atoms with E-state index in [2.05, 4.69) is 6.58 Å². The molecule has 0 aliphatic carbocycles. The van der Waals surface area contributed by atoms with Crippen LogP contribution in [0.4, 0.5) is 0 Å². The summed E-state index contributed by atoms with van der Waals surface area (Å²) in [6.07, 6.45) is 3.72. The third kappa shape index (κ3) is 2.21. The average Bonchev–Trinajstić information content (AvgIpc) is 2.46. The van der Waals surface area contributed by atoms with Gasteiger partial charge in [0.15, 0.2) is 0 Å². The monoisotopic (exact) mass is 180 g/mol. The highest BCUT2D eigenvalue weighted by Crippen LogP contribution is 2.21. The molecule has 3 heteroatoms. The smallest absolute Gasteiger partial charge is 0.335 e. The molecule has 0 atom stereocenters. The van der Waals surface area contributed by atoms with E-state index in [1.165, 1.54) is 6.08 Å². The summed E-state index contributed by atoms with van der Waals surface area (Å²) < 4.78 is 5.20. The Morgan fingerprint density at radius 3 is 2.77 bits per heavy atom. The van der Waals surface area contributed by atoms with Gasteiger partial charge in [-0.2, -0.15) is 0 Å². The van der Waals surface area contributed by atoms with Gasteiger partial charge in [-0.25, -0.2) is 4.79 Å². The largest absolute Gasteiger partial charge is 0.498 e. The van der Waals surface area contributed by atoms with E-state index in [0.29, 0.717) is 6.61 Å². The Morgan fingerprint density at radius 1 is 1.69 bits per heavy atom. The first-order valence-electron chi connectivity index (χ1n) is 4.05. The van der Waals surface area contributed by atoms with E-state index in [-0.39, 0.29) is 5.57 Å². The van der Waals surface area contributed by atoms with Gasteiger partial charge in [-0.1, -0.05) is 12.7 Å². The van der Waals surface area contributed by atoms with Crippen molar-refractivity contribution in [1.29, 1.82) is 0 Å². The van der Waals surface area contributed by atoms with Crippen LogP contribution in [0.25, 0.3) is 0 Å². The van der Waals surface area contributed by atoms with Crippen molar-refractivity contribution >= 4 is 5.97 Å². The lowest BCUT2D eigenvalue weighted by Crippen LogP contribution is -1.97. The van der Waals surface area contributed by atoms with Crippen molar-refractivity contribution in [2.24, 2.45) is 0 Å². The van der Waals surface area contributed by atoms with Crippen molar-refractivity contribution in [1.82, 2.24) is 0 Å². The van der Waals surface area contributed by atoms with Crippen LogP contribution < -0.4 is 0 Å². The Balaban J connectivity index is 2.90. The van der Waals surface area contributed by atoms with Crippen LogP contribution in [0.15, 0.2) is 35.6 Å². The quantitative estimate of drug-likeness (QED) is 0.532. The summed E-state index contributed by atoms with van der Waals surface area (Å²) in [6, 6.07) is 0. The molecule has 13 heavy (non-hydrogen) atoms. The van der Waals surface area contributed by atoms with Gasteiger partial charge in [0.25, 0.3) is 0 Å². The SMILES string of the molecule is C=C/C(=C\C1=C(C)OCC1)C(=O)O. The fourth-order valence-corrected chi connectivity index (χ4v) is 1.15. The zero-order valence-electron chi connectivity index (χ0n) is 7.54. The Labute approximate surface area is 77.0 Å². The van der Waals surface area contributed by atoms with Crippen LogP contribution in [-0.4, -0.2) is 17.7 Å². The van der Waals surface area contributed by atoms with Gasteiger partial charge in [-0.05, 0) is 18.6 Å². The summed E-state index contributed by atoms with van der Waals surface area (Å²) in [6.45, 7) is 5.91. The molecule has 0 aromatic heterocycles. The van der Waals surface area contributed by atoms with Gasteiger partial charge in [0, 0.05) is 6.42 Å². The van der Waals surface area contributed by atoms with Gasteiger partial charge in [0.05, 0.1) is 17.9 Å². The number of hydrogen-bond donors (Lipinski definition) is 1. The molecule has 0 unspecified atom stereocenters. The van der Waals surface area contributed by atoms with Crippen LogP contribution in [-0.2, 0) is 9.53 Å². The molecule has 0 bridgehead atoms. The van der Waals surface area contributed by atoms with E-state index >= 15 is 0 Å². The van der Waals surface area contributed by atoms with Gasteiger partial charge in [0.2, 0.25) is 0 Å². The van der Waals surface area contributed by atoms with Gasteiger partial charge < -0.3 is 9.84 Å². The molecule has 3 nitrogen and oxygen atoms in total. The molecule has 1 aliphatic rings. The Bertz CT molecular complexity index is 297. The van der Waals surface area contributed by atoms with E-state index in [9.17, 15) is 4.79 Å². The molecule has 0 saturated carbocycles. The normalized spacial score (nSPS) is 17.2. The number of aliphatic carboxylic acids is 1. The van der Waals surface area contributed by atoms with E-state index in [0.717, 1.165) is 17.8 Å². The fourth-order valence-electron chi connectivity index (χ4n) is 1.15. The second-order valence-electron chi connectivity index (χ2n) is 2.79. The summed E-state index contributed by atoms with van der Waals surface area (Å²) in [5, 5.41) is 8.72. The van der Waals surface area contributed by atoms with Crippen molar-refractivity contribution in [3.05, 3.63) is 35.6 Å². The number of ether oxygens (including phenoxy) is 1. The maximum absolute atomic E-state index is 10.6. The molecule has 70 valence electrons. The zero-order chi connectivity index (χ0) is 9.84. The second kappa shape index (κ2) is 3.94. The van der Waals surface area contributed by atoms with Gasteiger partial charge in [0.1, 0.15) is 0 Å². The van der Waals surface area contributed by atoms with Crippen LogP contribution in [0.1, 0.15) is 13.3 Å². The van der Waals surface area contributed by atoms with Crippen molar-refractivity contribution in [3.63, 3.8) is 0 Å². The Kier molecular flexibility index (Phi) is 2.90. The molecule has 1 N–H and O–H groups in total. The molecule has 0 saturated heterocycles. The van der Waals surface area contributed by atoms with Crippen LogP contribution in [0.5, 0.6) is 0 Å². The van der Waals surface area contributed by atoms with E-state index in [4.69, 9.17) is 9.84 Å². The van der Waals surface area contributed by atoms with Gasteiger partial charge >= 0.3 is 5.97 Å². The summed E-state index contributed by atoms with van der Waals surface area (Å²) >= 11 is 0. The predicted molar refractivity (Wildman–Crippen MR) is 49.2 cm³/mol. The van der Waals surface area contributed by atoms with Crippen molar-refractivity contribution in [2.75, 3.05) is 6.61 Å². The summed E-state index contributed by atoms with van der Waals surface area (Å²) in [4.78, 5) is 10.6. The Hall–Kier alpha value is -1.51. The first kappa shape index (κ1) is 9.58. The topological polar surface area (TPSA) is 46.5 Å². The fraction of sp³-hybridized carbons (Fsp3) is 0.300. The summed E-state index contributed by atoms with van der Waals surface area (Å²) in [7, 11) is 0. The van der Waals surface area contributed by atoms with Crippen LogP contribution in [0.2, 0.25) is 0 Å². The van der Waals surface area contributed by atoms with E-state index in [1.54, 1.807) is 6.08 Å². The number of carboxylic acids is 1. The molecule has 0 aromatic carbocycles. The molecule has 0 spiro atoms. The molecule has 0 radical (unpaired) electrons. The third-order valence-electron chi connectivity index (χ3n) is 1.94. The molecule has 1 aliphatic heterocycles. The third-order valence-corrected chi connectivity index (χ3v) is 1.94. The lowest BCUT2D eigenvalue weighted by Gasteiger charge is -1.96. The molecule has 0 fully saturated rings. The standard InChI is InChI=1S/C10H12O3/c1-3-8(10(11)12)6-9-4-5-13-7(9)2/h3,6H,1,4-5H2,2H3,(H,11,12)/b8-6+. The zero-order valence-corrected chi connectivity index (χ0v) is 7.54. The molecule has 0 amide bonds. The molecular weight excluding hydrogens is 168 g/mol. The highest BCUT2D eigenvalue weighted by molar-refractivity contribution is 5.90. The lowest BCUT2D eigenvalue weighted by atomic mass is 10.1. The Morgan fingerprint density at radius 2 is 2.38 bits per heavy atom. The van der Waals surface area contributed by atoms with Crippen molar-refractivity contribution < 1.29 is 14.6 Å². The van der Waals surface area contributed by atoms with Crippen molar-refractivity contribution in [3.8, 4) is 0 Å². The minimum atomic E-state index is -0.956. The highest BCUT2D eigenvalue weighted by atomic mass is 16.5. The lowest BCUT2D eigenvalue weighted by molar-refractivity contribution is -0.132. The first-order valence-corrected chi connectivity index (χ1v) is 4.05. The maximum atomic E-state index is 10.6. The number of allylic oxidation sites excluding steroid dienone is 2. The average molecular weight is 180 g/mol. The minimum Gasteiger partial charge on any atom is -0.498 e. The first-order chi connectivity index (χ1) is 6.15. The van der Waals surface area contributed by atoms with E-state index in [1.807, 2.05) is 6.92 Å². The minimum absolute atomic E-state index is 0.208. The number of hydrogen-bond acceptors (Lipinski definition) is 2. The van der Waals surface area contributed by atoms with Crippen LogP contribution in [0.3, 0.4) is 0 Å². The molecule has 0 aromatic rings.